The number of hydrogen-bond acceptors (Lipinski definition) is 1. The van der Waals surface area contributed by atoms with Gasteiger partial charge in [0.15, 0.2) is 11.4 Å². The molecule has 0 unspecified atom stereocenters. The molecule has 0 saturated carbocycles. The molecule has 0 aliphatic rings. The topological polar surface area (TPSA) is 21.4 Å². The summed E-state index contributed by atoms with van der Waals surface area (Å²) in [5.41, 5.74) is 7.91. The van der Waals surface area contributed by atoms with Crippen molar-refractivity contribution in [1.29, 1.82) is 0 Å². The van der Waals surface area contributed by atoms with Gasteiger partial charge in [0, 0.05) is 34.9 Å². The maximum absolute atomic E-state index is 8.57. The molecule has 3 nitrogen and oxygen atoms in total. The fourth-order valence-corrected chi connectivity index (χ4v) is 5.16. The van der Waals surface area contributed by atoms with Gasteiger partial charge in [0.1, 0.15) is 18.2 Å². The van der Waals surface area contributed by atoms with E-state index in [1.807, 2.05) is 32.2 Å². The van der Waals surface area contributed by atoms with Gasteiger partial charge < -0.3 is 4.42 Å². The van der Waals surface area contributed by atoms with Gasteiger partial charge in [0.2, 0.25) is 5.69 Å². The molecule has 0 fully saturated rings. The van der Waals surface area contributed by atoms with Crippen LogP contribution in [0.15, 0.2) is 65.0 Å². The Balaban J connectivity index is 1.95. The van der Waals surface area contributed by atoms with Gasteiger partial charge in [0.05, 0.1) is 19.0 Å². The summed E-state index contributed by atoms with van der Waals surface area (Å²) in [7, 11) is 2.05. The van der Waals surface area contributed by atoms with Gasteiger partial charge in [-0.2, -0.15) is 4.57 Å². The SMILES string of the molecule is [2H]c1c([2H])c([2H])c(-c2c([N+]#[C-])ccc3c2oc2c(-c4cc(C)c(C(C)C)c(C)[n+]4C)c(C)ccc23)c([2H])c1[2H]. The third-order valence-electron chi connectivity index (χ3n) is 6.73. The number of furan rings is 1. The van der Waals surface area contributed by atoms with E-state index < -0.39 is 18.1 Å². The first-order valence-electron chi connectivity index (χ1n) is 13.8. The minimum absolute atomic E-state index is 0.0338. The van der Waals surface area contributed by atoms with Crippen molar-refractivity contribution in [1.82, 2.24) is 0 Å². The van der Waals surface area contributed by atoms with Crippen LogP contribution in [0.2, 0.25) is 0 Å². The number of rotatable bonds is 3. The Labute approximate surface area is 208 Å². The third kappa shape index (κ3) is 3.22. The first kappa shape index (κ1) is 16.7. The zero-order valence-electron chi connectivity index (χ0n) is 25.3. The highest BCUT2D eigenvalue weighted by molar-refractivity contribution is 6.15. The number of hydrogen-bond donors (Lipinski definition) is 0. The minimum Gasteiger partial charge on any atom is -0.456 e. The van der Waals surface area contributed by atoms with Crippen LogP contribution in [0.1, 0.15) is 49.0 Å². The lowest BCUT2D eigenvalue weighted by Gasteiger charge is -2.15. The van der Waals surface area contributed by atoms with E-state index in [2.05, 4.69) is 43.2 Å². The van der Waals surface area contributed by atoms with E-state index in [1.165, 1.54) is 16.8 Å². The van der Waals surface area contributed by atoms with Crippen LogP contribution >= 0.6 is 0 Å². The van der Waals surface area contributed by atoms with Gasteiger partial charge in [0.25, 0.3) is 0 Å². The van der Waals surface area contributed by atoms with Gasteiger partial charge in [-0.25, -0.2) is 4.85 Å². The Morgan fingerprint density at radius 2 is 1.56 bits per heavy atom. The number of aromatic nitrogens is 1. The Kier molecular flexibility index (Phi) is 4.00. The number of nitrogens with zero attached hydrogens (tertiary/aromatic N) is 2. The molecule has 5 aromatic rings. The maximum atomic E-state index is 8.57. The lowest BCUT2D eigenvalue weighted by molar-refractivity contribution is -0.667. The first-order chi connectivity index (χ1) is 18.4. The molecule has 0 atom stereocenters. The zero-order chi connectivity index (χ0) is 28.5. The number of aryl methyl sites for hydroxylation is 2. The van der Waals surface area contributed by atoms with E-state index in [9.17, 15) is 0 Å². The van der Waals surface area contributed by atoms with Crippen LogP contribution in [0.25, 0.3) is 49.2 Å². The van der Waals surface area contributed by atoms with Crippen molar-refractivity contribution in [3.63, 3.8) is 0 Å². The van der Waals surface area contributed by atoms with Crippen LogP contribution in [0.4, 0.5) is 5.69 Å². The summed E-state index contributed by atoms with van der Waals surface area (Å²) in [6, 6.07) is 7.54. The van der Waals surface area contributed by atoms with Crippen molar-refractivity contribution in [3.8, 4) is 22.4 Å². The first-order valence-corrected chi connectivity index (χ1v) is 11.3. The van der Waals surface area contributed by atoms with Gasteiger partial charge in [-0.05, 0) is 36.5 Å². The summed E-state index contributed by atoms with van der Waals surface area (Å²) in [5, 5.41) is 1.55. The van der Waals surface area contributed by atoms with Gasteiger partial charge in [-0.1, -0.05) is 68.3 Å². The largest absolute Gasteiger partial charge is 0.456 e. The highest BCUT2D eigenvalue weighted by Gasteiger charge is 2.26. The standard InChI is InChI=1S/C31H29N2O/c1-18(2)27-20(4)17-26(33(7)21(27)5)28-19(3)13-14-23-24-15-16-25(32-6)29(31(24)34-30(23)28)22-11-9-8-10-12-22/h8-18H,1-5,7H3/q+1/i8D,9D,10D,11D,12D. The average molecular weight is 451 g/mol. The molecule has 0 aliphatic heterocycles. The Bertz CT molecular complexity index is 1870. The number of pyridine rings is 1. The number of benzene rings is 3. The highest BCUT2D eigenvalue weighted by atomic mass is 16.3. The zero-order valence-corrected chi connectivity index (χ0v) is 20.3. The Morgan fingerprint density at radius 1 is 0.912 bits per heavy atom. The van der Waals surface area contributed by atoms with E-state index in [-0.39, 0.29) is 28.9 Å². The van der Waals surface area contributed by atoms with E-state index in [0.717, 1.165) is 27.6 Å². The van der Waals surface area contributed by atoms with Crippen LogP contribution in [-0.4, -0.2) is 0 Å². The molecule has 2 aromatic heterocycles. The summed E-state index contributed by atoms with van der Waals surface area (Å²) < 4.78 is 50.3. The molecular formula is C31H29N2O+. The third-order valence-corrected chi connectivity index (χ3v) is 6.73. The normalized spacial score (nSPS) is 13.5. The number of fused-ring (bicyclic) bond motifs is 3. The summed E-state index contributed by atoms with van der Waals surface area (Å²) >= 11 is 0. The van der Waals surface area contributed by atoms with E-state index >= 15 is 0 Å². The molecule has 168 valence electrons. The van der Waals surface area contributed by atoms with Crippen LogP contribution in [0.5, 0.6) is 0 Å². The second-order valence-electron chi connectivity index (χ2n) is 9.11. The molecular weight excluding hydrogens is 416 g/mol. The summed E-state index contributed by atoms with van der Waals surface area (Å²) in [4.78, 5) is 3.64. The smallest absolute Gasteiger partial charge is 0.216 e. The van der Waals surface area contributed by atoms with E-state index in [4.69, 9.17) is 17.8 Å². The van der Waals surface area contributed by atoms with E-state index in [0.29, 0.717) is 17.1 Å². The lowest BCUT2D eigenvalue weighted by Crippen LogP contribution is -2.37. The van der Waals surface area contributed by atoms with Crippen molar-refractivity contribution in [2.45, 2.75) is 40.5 Å². The summed E-state index contributed by atoms with van der Waals surface area (Å²) in [5.74, 6) is 0.375. The van der Waals surface area contributed by atoms with Crippen molar-refractivity contribution in [2.24, 2.45) is 7.05 Å². The molecule has 3 aromatic carbocycles. The van der Waals surface area contributed by atoms with Crippen molar-refractivity contribution < 1.29 is 15.8 Å². The van der Waals surface area contributed by atoms with Gasteiger partial charge in [-0.15, -0.1) is 0 Å². The average Bonchev–Trinajstić information content (AvgIpc) is 3.27. The Morgan fingerprint density at radius 3 is 2.21 bits per heavy atom. The Hall–Kier alpha value is -3.90. The van der Waals surface area contributed by atoms with Crippen LogP contribution in [0.3, 0.4) is 0 Å². The molecule has 5 rings (SSSR count). The van der Waals surface area contributed by atoms with Crippen LogP contribution < -0.4 is 4.57 Å². The fourth-order valence-electron chi connectivity index (χ4n) is 5.16. The van der Waals surface area contributed by atoms with Crippen LogP contribution in [0, 0.1) is 27.3 Å². The minimum atomic E-state index is -0.476. The summed E-state index contributed by atoms with van der Waals surface area (Å²) in [6.45, 7) is 18.5. The molecule has 34 heavy (non-hydrogen) atoms. The van der Waals surface area contributed by atoms with Gasteiger partial charge in [-0.3, -0.25) is 0 Å². The quantitative estimate of drug-likeness (QED) is 0.200. The fraction of sp³-hybridized carbons (Fsp3) is 0.226. The molecule has 0 spiro atoms. The predicted octanol–water partition coefficient (Wildman–Crippen LogP) is 8.34. The predicted molar refractivity (Wildman–Crippen MR) is 140 cm³/mol. The van der Waals surface area contributed by atoms with Crippen molar-refractivity contribution in [2.75, 3.05) is 0 Å². The van der Waals surface area contributed by atoms with E-state index in [1.54, 1.807) is 6.07 Å². The second-order valence-corrected chi connectivity index (χ2v) is 9.11. The molecule has 0 N–H and O–H groups in total. The second kappa shape index (κ2) is 8.15. The molecule has 0 bridgehead atoms. The van der Waals surface area contributed by atoms with Crippen molar-refractivity contribution in [3.05, 3.63) is 94.3 Å². The highest BCUT2D eigenvalue weighted by Crippen LogP contribution is 2.44. The van der Waals surface area contributed by atoms with Crippen LogP contribution in [-0.2, 0) is 7.05 Å². The molecule has 0 saturated heterocycles. The molecule has 3 heteroatoms. The van der Waals surface area contributed by atoms with Crippen molar-refractivity contribution >= 4 is 27.6 Å². The molecule has 0 amide bonds. The monoisotopic (exact) mass is 450 g/mol. The maximum Gasteiger partial charge on any atom is 0.216 e. The lowest BCUT2D eigenvalue weighted by atomic mass is 9.93. The molecule has 0 aliphatic carbocycles. The van der Waals surface area contributed by atoms with Gasteiger partial charge >= 0.3 is 0 Å². The molecule has 2 heterocycles. The summed E-state index contributed by atoms with van der Waals surface area (Å²) in [6.07, 6.45) is 0. The molecule has 0 radical (unpaired) electrons.